The van der Waals surface area contributed by atoms with Crippen molar-refractivity contribution in [3.05, 3.63) is 29.8 Å². The molecular weight excluding hydrogens is 343 g/mol. The molecule has 26 heavy (non-hydrogen) atoms. The van der Waals surface area contributed by atoms with E-state index in [0.29, 0.717) is 18.5 Å². The number of aryl methyl sites for hydroxylation is 1. The van der Waals surface area contributed by atoms with Crippen LogP contribution in [0.25, 0.3) is 0 Å². The Balaban J connectivity index is 2.28. The zero-order valence-corrected chi connectivity index (χ0v) is 18.1. The lowest BCUT2D eigenvalue weighted by atomic mass is 10.1. The topological polar surface area (TPSA) is 35.5 Å². The molecule has 0 spiro atoms. The molecule has 0 aromatic heterocycles. The van der Waals surface area contributed by atoms with Crippen molar-refractivity contribution in [1.29, 1.82) is 0 Å². The smallest absolute Gasteiger partial charge is 0.379 e. The second-order valence-corrected chi connectivity index (χ2v) is 9.37. The monoisotopic (exact) mass is 382 g/mol. The Morgan fingerprint density at radius 1 is 0.846 bits per heavy atom. The van der Waals surface area contributed by atoms with Crippen molar-refractivity contribution in [2.45, 2.75) is 91.4 Å². The molecule has 3 nitrogen and oxygen atoms in total. The van der Waals surface area contributed by atoms with Gasteiger partial charge in [-0.15, -0.1) is 0 Å². The SMILES string of the molecule is CCCCCCCCCCCOP(=O)(CCCC)Oc1cccc(C)c1. The molecule has 0 fully saturated rings. The van der Waals surface area contributed by atoms with Gasteiger partial charge in [-0.25, -0.2) is 4.57 Å². The summed E-state index contributed by atoms with van der Waals surface area (Å²) in [5, 5.41) is 0. The predicted molar refractivity (Wildman–Crippen MR) is 112 cm³/mol. The van der Waals surface area contributed by atoms with Gasteiger partial charge in [-0.2, -0.15) is 0 Å². The van der Waals surface area contributed by atoms with Crippen molar-refractivity contribution in [3.63, 3.8) is 0 Å². The number of rotatable bonds is 16. The van der Waals surface area contributed by atoms with Gasteiger partial charge in [0.05, 0.1) is 12.8 Å². The Morgan fingerprint density at radius 2 is 1.46 bits per heavy atom. The average Bonchev–Trinajstić information content (AvgIpc) is 2.62. The van der Waals surface area contributed by atoms with Crippen molar-refractivity contribution in [3.8, 4) is 5.75 Å². The first-order chi connectivity index (χ1) is 12.6. The molecule has 1 aromatic carbocycles. The zero-order chi connectivity index (χ0) is 19.1. The highest BCUT2D eigenvalue weighted by Gasteiger charge is 2.25. The third-order valence-electron chi connectivity index (χ3n) is 4.56. The first kappa shape index (κ1) is 23.2. The standard InChI is InChI=1S/C22H39O3P/c1-4-6-8-9-10-11-12-13-14-18-24-26(23,19-7-5-2)25-22-17-15-16-21(3)20-22/h15-17,20H,4-14,18-19H2,1-3H3. The summed E-state index contributed by atoms with van der Waals surface area (Å²) in [5.41, 5.74) is 1.10. The molecule has 0 aliphatic carbocycles. The van der Waals surface area contributed by atoms with E-state index in [1.54, 1.807) is 0 Å². The van der Waals surface area contributed by atoms with Gasteiger partial charge in [-0.3, -0.25) is 4.52 Å². The minimum atomic E-state index is -3.05. The van der Waals surface area contributed by atoms with Crippen LogP contribution >= 0.6 is 7.60 Å². The van der Waals surface area contributed by atoms with Gasteiger partial charge in [0.15, 0.2) is 0 Å². The van der Waals surface area contributed by atoms with E-state index >= 15 is 0 Å². The number of hydrogen-bond donors (Lipinski definition) is 0. The molecule has 1 aromatic rings. The van der Waals surface area contributed by atoms with E-state index in [2.05, 4.69) is 13.8 Å². The molecule has 0 saturated heterocycles. The van der Waals surface area contributed by atoms with E-state index in [-0.39, 0.29) is 0 Å². The summed E-state index contributed by atoms with van der Waals surface area (Å²) in [6, 6.07) is 7.70. The van der Waals surface area contributed by atoms with E-state index in [1.807, 2.05) is 31.2 Å². The lowest BCUT2D eigenvalue weighted by Gasteiger charge is -2.19. The van der Waals surface area contributed by atoms with Crippen LogP contribution in [0.4, 0.5) is 0 Å². The zero-order valence-electron chi connectivity index (χ0n) is 17.2. The molecule has 0 aliphatic rings. The van der Waals surface area contributed by atoms with Gasteiger partial charge in [0.2, 0.25) is 0 Å². The third kappa shape index (κ3) is 11.0. The Morgan fingerprint density at radius 3 is 2.08 bits per heavy atom. The van der Waals surface area contributed by atoms with E-state index < -0.39 is 7.60 Å². The van der Waals surface area contributed by atoms with E-state index in [1.165, 1.54) is 44.9 Å². The molecule has 1 atom stereocenters. The van der Waals surface area contributed by atoms with Gasteiger partial charge in [-0.05, 0) is 37.5 Å². The summed E-state index contributed by atoms with van der Waals surface area (Å²) >= 11 is 0. The van der Waals surface area contributed by atoms with Crippen LogP contribution in [-0.2, 0) is 9.09 Å². The van der Waals surface area contributed by atoms with Crippen molar-refractivity contribution in [2.75, 3.05) is 12.8 Å². The van der Waals surface area contributed by atoms with Gasteiger partial charge >= 0.3 is 7.60 Å². The number of unbranched alkanes of at least 4 members (excludes halogenated alkanes) is 9. The van der Waals surface area contributed by atoms with E-state index in [9.17, 15) is 4.57 Å². The maximum atomic E-state index is 13.0. The molecule has 0 amide bonds. The molecule has 1 rings (SSSR count). The van der Waals surface area contributed by atoms with Gasteiger partial charge in [0, 0.05) is 0 Å². The average molecular weight is 383 g/mol. The van der Waals surface area contributed by atoms with Crippen LogP contribution in [0.5, 0.6) is 5.75 Å². The lowest BCUT2D eigenvalue weighted by Crippen LogP contribution is -2.04. The minimum absolute atomic E-state index is 0.495. The maximum Gasteiger partial charge on any atom is 0.379 e. The Labute approximate surface area is 161 Å². The van der Waals surface area contributed by atoms with Crippen LogP contribution in [0.2, 0.25) is 0 Å². The fraction of sp³-hybridized carbons (Fsp3) is 0.727. The highest BCUT2D eigenvalue weighted by atomic mass is 31.2. The minimum Gasteiger partial charge on any atom is -0.424 e. The normalized spacial score (nSPS) is 13.5. The predicted octanol–water partition coefficient (Wildman–Crippen LogP) is 7.91. The molecule has 4 heteroatoms. The van der Waals surface area contributed by atoms with Crippen LogP contribution < -0.4 is 4.52 Å². The Kier molecular flexibility index (Phi) is 12.8. The highest BCUT2D eigenvalue weighted by Crippen LogP contribution is 2.49. The molecule has 1 unspecified atom stereocenters. The summed E-state index contributed by atoms with van der Waals surface area (Å²) in [4.78, 5) is 0. The van der Waals surface area contributed by atoms with Crippen LogP contribution in [0, 0.1) is 6.92 Å². The number of hydrogen-bond acceptors (Lipinski definition) is 3. The van der Waals surface area contributed by atoms with Crippen LogP contribution in [0.1, 0.15) is 90.0 Å². The van der Waals surface area contributed by atoms with Gasteiger partial charge in [-0.1, -0.05) is 83.8 Å². The van der Waals surface area contributed by atoms with Gasteiger partial charge in [0.25, 0.3) is 0 Å². The summed E-state index contributed by atoms with van der Waals surface area (Å²) in [6.45, 7) is 6.88. The molecular formula is C22H39O3P. The third-order valence-corrected chi connectivity index (χ3v) is 6.48. The quantitative estimate of drug-likeness (QED) is 0.215. The highest BCUT2D eigenvalue weighted by molar-refractivity contribution is 7.54. The first-order valence-corrected chi connectivity index (χ1v) is 12.3. The van der Waals surface area contributed by atoms with Crippen molar-refractivity contribution >= 4 is 7.60 Å². The van der Waals surface area contributed by atoms with Crippen molar-refractivity contribution in [1.82, 2.24) is 0 Å². The van der Waals surface area contributed by atoms with Crippen molar-refractivity contribution < 1.29 is 13.6 Å². The summed E-state index contributed by atoms with van der Waals surface area (Å²) in [7, 11) is -3.05. The molecule has 0 N–H and O–H groups in total. The molecule has 0 radical (unpaired) electrons. The largest absolute Gasteiger partial charge is 0.424 e. The van der Waals surface area contributed by atoms with E-state index in [4.69, 9.17) is 9.05 Å². The van der Waals surface area contributed by atoms with Gasteiger partial charge < -0.3 is 4.52 Å². The van der Waals surface area contributed by atoms with Gasteiger partial charge in [0.1, 0.15) is 5.75 Å². The summed E-state index contributed by atoms with van der Waals surface area (Å²) in [6.07, 6.45) is 13.7. The first-order valence-electron chi connectivity index (χ1n) is 10.6. The Hall–Kier alpha value is -0.790. The van der Waals surface area contributed by atoms with Crippen LogP contribution in [0.15, 0.2) is 24.3 Å². The second-order valence-electron chi connectivity index (χ2n) is 7.26. The summed E-state index contributed by atoms with van der Waals surface area (Å²) in [5.74, 6) is 0.650. The van der Waals surface area contributed by atoms with Crippen molar-refractivity contribution in [2.24, 2.45) is 0 Å². The fourth-order valence-corrected chi connectivity index (χ4v) is 4.76. The van der Waals surface area contributed by atoms with Crippen LogP contribution in [0.3, 0.4) is 0 Å². The molecule has 0 saturated carbocycles. The summed E-state index contributed by atoms with van der Waals surface area (Å²) < 4.78 is 24.6. The van der Waals surface area contributed by atoms with Crippen LogP contribution in [-0.4, -0.2) is 12.8 Å². The Bertz CT molecular complexity index is 516. The number of benzene rings is 1. The second kappa shape index (κ2) is 14.3. The fourth-order valence-electron chi connectivity index (χ4n) is 2.94. The molecule has 0 heterocycles. The lowest BCUT2D eigenvalue weighted by molar-refractivity contribution is 0.257. The molecule has 0 bridgehead atoms. The molecule has 0 aliphatic heterocycles. The maximum absolute atomic E-state index is 13.0. The molecule has 150 valence electrons. The van der Waals surface area contributed by atoms with E-state index in [0.717, 1.165) is 31.2 Å².